The van der Waals surface area contributed by atoms with Crippen LogP contribution in [0.2, 0.25) is 0 Å². The zero-order valence-electron chi connectivity index (χ0n) is 13.3. The highest BCUT2D eigenvalue weighted by atomic mass is 16.2. The third-order valence-electron chi connectivity index (χ3n) is 3.74. The first kappa shape index (κ1) is 16.8. The number of carbonyl (C=O) groups excluding carboxylic acids is 1. The summed E-state index contributed by atoms with van der Waals surface area (Å²) in [5.74, 6) is 0. The predicted molar refractivity (Wildman–Crippen MR) is 85.8 cm³/mol. The second kappa shape index (κ2) is 9.62. The summed E-state index contributed by atoms with van der Waals surface area (Å²) in [6, 6.07) is 0.358. The van der Waals surface area contributed by atoms with Crippen LogP contribution in [0, 0.1) is 0 Å². The van der Waals surface area contributed by atoms with Gasteiger partial charge in [0.15, 0.2) is 0 Å². The van der Waals surface area contributed by atoms with Gasteiger partial charge in [-0.05, 0) is 46.5 Å². The van der Waals surface area contributed by atoms with Crippen molar-refractivity contribution in [1.29, 1.82) is 0 Å². The molecule has 0 atom stereocenters. The first-order chi connectivity index (χ1) is 9.58. The third-order valence-corrected chi connectivity index (χ3v) is 3.74. The SMILES string of the molecule is CC(C)=CCC/C(C)=C/CNC(=O)NC1CCCCC1. The molecule has 0 heterocycles. The zero-order chi connectivity index (χ0) is 14.8. The van der Waals surface area contributed by atoms with E-state index in [0.717, 1.165) is 25.7 Å². The van der Waals surface area contributed by atoms with Crippen molar-refractivity contribution in [2.75, 3.05) is 6.54 Å². The van der Waals surface area contributed by atoms with Crippen molar-refractivity contribution in [3.05, 3.63) is 23.3 Å². The van der Waals surface area contributed by atoms with Gasteiger partial charge >= 0.3 is 6.03 Å². The Labute approximate surface area is 123 Å². The summed E-state index contributed by atoms with van der Waals surface area (Å²) in [6.07, 6.45) is 12.6. The van der Waals surface area contributed by atoms with Gasteiger partial charge in [0.05, 0.1) is 0 Å². The van der Waals surface area contributed by atoms with E-state index in [9.17, 15) is 4.79 Å². The molecule has 114 valence electrons. The lowest BCUT2D eigenvalue weighted by Crippen LogP contribution is -2.42. The molecule has 0 bridgehead atoms. The summed E-state index contributed by atoms with van der Waals surface area (Å²) < 4.78 is 0. The molecule has 0 aromatic carbocycles. The first-order valence-corrected chi connectivity index (χ1v) is 7.91. The molecule has 2 amide bonds. The molecule has 0 unspecified atom stereocenters. The molecular weight excluding hydrogens is 248 g/mol. The van der Waals surface area contributed by atoms with Crippen LogP contribution < -0.4 is 10.6 Å². The number of rotatable bonds is 6. The van der Waals surface area contributed by atoms with Gasteiger partial charge in [0.1, 0.15) is 0 Å². The molecule has 0 aliphatic heterocycles. The van der Waals surface area contributed by atoms with E-state index in [-0.39, 0.29) is 6.03 Å². The van der Waals surface area contributed by atoms with E-state index in [4.69, 9.17) is 0 Å². The van der Waals surface area contributed by atoms with Crippen LogP contribution in [-0.2, 0) is 0 Å². The number of hydrogen-bond acceptors (Lipinski definition) is 1. The Bertz CT molecular complexity index is 348. The molecule has 2 N–H and O–H groups in total. The van der Waals surface area contributed by atoms with E-state index < -0.39 is 0 Å². The number of allylic oxidation sites excluding steroid dienone is 3. The lowest BCUT2D eigenvalue weighted by atomic mass is 9.96. The Hall–Kier alpha value is -1.25. The minimum Gasteiger partial charge on any atom is -0.335 e. The van der Waals surface area contributed by atoms with Gasteiger partial charge in [-0.25, -0.2) is 4.79 Å². The van der Waals surface area contributed by atoms with E-state index in [2.05, 4.69) is 43.6 Å². The van der Waals surface area contributed by atoms with Gasteiger partial charge in [0.25, 0.3) is 0 Å². The second-order valence-electron chi connectivity index (χ2n) is 6.06. The van der Waals surface area contributed by atoms with Gasteiger partial charge in [-0.15, -0.1) is 0 Å². The van der Waals surface area contributed by atoms with Crippen LogP contribution in [0.25, 0.3) is 0 Å². The van der Waals surface area contributed by atoms with Crippen molar-refractivity contribution in [1.82, 2.24) is 10.6 Å². The fourth-order valence-electron chi connectivity index (χ4n) is 2.49. The molecule has 1 saturated carbocycles. The molecule has 1 aliphatic carbocycles. The summed E-state index contributed by atoms with van der Waals surface area (Å²) in [6.45, 7) is 6.99. The van der Waals surface area contributed by atoms with Crippen molar-refractivity contribution in [3.63, 3.8) is 0 Å². The van der Waals surface area contributed by atoms with Gasteiger partial charge in [-0.2, -0.15) is 0 Å². The second-order valence-corrected chi connectivity index (χ2v) is 6.06. The number of carbonyl (C=O) groups is 1. The largest absolute Gasteiger partial charge is 0.335 e. The van der Waals surface area contributed by atoms with Crippen molar-refractivity contribution in [3.8, 4) is 0 Å². The lowest BCUT2D eigenvalue weighted by Gasteiger charge is -2.22. The average molecular weight is 278 g/mol. The van der Waals surface area contributed by atoms with Crippen molar-refractivity contribution in [2.45, 2.75) is 71.8 Å². The predicted octanol–water partition coefficient (Wildman–Crippen LogP) is 4.31. The fourth-order valence-corrected chi connectivity index (χ4v) is 2.49. The standard InChI is InChI=1S/C17H30N2O/c1-14(2)8-7-9-15(3)12-13-18-17(20)19-16-10-5-4-6-11-16/h8,12,16H,4-7,9-11,13H2,1-3H3,(H2,18,19,20)/b15-12+. The Morgan fingerprint density at radius 1 is 1.10 bits per heavy atom. The molecule has 3 nitrogen and oxygen atoms in total. The maximum absolute atomic E-state index is 11.7. The van der Waals surface area contributed by atoms with Crippen LogP contribution in [0.3, 0.4) is 0 Å². The topological polar surface area (TPSA) is 41.1 Å². The van der Waals surface area contributed by atoms with E-state index in [1.54, 1.807) is 0 Å². The molecule has 0 aromatic heterocycles. The van der Waals surface area contributed by atoms with Crippen LogP contribution in [0.1, 0.15) is 65.7 Å². The maximum Gasteiger partial charge on any atom is 0.315 e. The first-order valence-electron chi connectivity index (χ1n) is 7.91. The Balaban J connectivity index is 2.14. The zero-order valence-corrected chi connectivity index (χ0v) is 13.3. The number of amides is 2. The van der Waals surface area contributed by atoms with Gasteiger partial charge in [-0.3, -0.25) is 0 Å². The smallest absolute Gasteiger partial charge is 0.315 e. The van der Waals surface area contributed by atoms with Crippen LogP contribution in [0.15, 0.2) is 23.3 Å². The molecule has 0 saturated heterocycles. The van der Waals surface area contributed by atoms with Gasteiger partial charge in [-0.1, -0.05) is 42.6 Å². The summed E-state index contributed by atoms with van der Waals surface area (Å²) in [5.41, 5.74) is 2.70. The molecule has 0 spiro atoms. The summed E-state index contributed by atoms with van der Waals surface area (Å²) >= 11 is 0. The number of urea groups is 1. The lowest BCUT2D eigenvalue weighted by molar-refractivity contribution is 0.233. The molecule has 0 radical (unpaired) electrons. The molecule has 20 heavy (non-hydrogen) atoms. The summed E-state index contributed by atoms with van der Waals surface area (Å²) in [7, 11) is 0. The molecule has 1 rings (SSSR count). The highest BCUT2D eigenvalue weighted by Gasteiger charge is 2.14. The number of nitrogens with one attached hydrogen (secondary N) is 2. The minimum absolute atomic E-state index is 0.0229. The van der Waals surface area contributed by atoms with Crippen molar-refractivity contribution < 1.29 is 4.79 Å². The Morgan fingerprint density at radius 2 is 1.80 bits per heavy atom. The van der Waals surface area contributed by atoms with Crippen LogP contribution in [0.4, 0.5) is 4.79 Å². The quantitative estimate of drug-likeness (QED) is 0.698. The molecule has 0 aromatic rings. The van der Waals surface area contributed by atoms with Gasteiger partial charge in [0, 0.05) is 12.6 Å². The Kier molecular flexibility index (Phi) is 8.08. The van der Waals surface area contributed by atoms with Crippen LogP contribution in [-0.4, -0.2) is 18.6 Å². The van der Waals surface area contributed by atoms with Crippen LogP contribution in [0.5, 0.6) is 0 Å². The van der Waals surface area contributed by atoms with Crippen molar-refractivity contribution in [2.24, 2.45) is 0 Å². The fraction of sp³-hybridized carbons (Fsp3) is 0.706. The normalized spacial score (nSPS) is 16.6. The van der Waals surface area contributed by atoms with Crippen molar-refractivity contribution >= 4 is 6.03 Å². The maximum atomic E-state index is 11.7. The highest BCUT2D eigenvalue weighted by Crippen LogP contribution is 2.17. The summed E-state index contributed by atoms with van der Waals surface area (Å²) in [4.78, 5) is 11.7. The highest BCUT2D eigenvalue weighted by molar-refractivity contribution is 5.74. The van der Waals surface area contributed by atoms with E-state index in [1.165, 1.54) is 30.4 Å². The molecular formula is C17H30N2O. The summed E-state index contributed by atoms with van der Waals surface area (Å²) in [5, 5.41) is 5.98. The van der Waals surface area contributed by atoms with Crippen LogP contribution >= 0.6 is 0 Å². The third kappa shape index (κ3) is 8.03. The Morgan fingerprint density at radius 3 is 2.45 bits per heavy atom. The average Bonchev–Trinajstić information content (AvgIpc) is 2.39. The molecule has 3 heteroatoms. The van der Waals surface area contributed by atoms with E-state index in [0.29, 0.717) is 12.6 Å². The van der Waals surface area contributed by atoms with E-state index in [1.807, 2.05) is 0 Å². The minimum atomic E-state index is -0.0229. The monoisotopic (exact) mass is 278 g/mol. The van der Waals surface area contributed by atoms with Gasteiger partial charge < -0.3 is 10.6 Å². The molecule has 1 fully saturated rings. The molecule has 1 aliphatic rings. The van der Waals surface area contributed by atoms with Gasteiger partial charge in [0.2, 0.25) is 0 Å². The van der Waals surface area contributed by atoms with E-state index >= 15 is 0 Å². The number of hydrogen-bond donors (Lipinski definition) is 2.